The maximum Gasteiger partial charge on any atom is 0.472 e. The van der Waals surface area contributed by atoms with E-state index in [2.05, 4.69) is 31.2 Å². The summed E-state index contributed by atoms with van der Waals surface area (Å²) in [4.78, 5) is 21.4. The first-order chi connectivity index (χ1) is 17.1. The number of rotatable bonds is 24. The maximum absolute atomic E-state index is 11.8. The van der Waals surface area contributed by atoms with Crippen LogP contribution >= 0.6 is 7.82 Å². The number of hydrogen-bond donors (Lipinski definition) is 2. The van der Waals surface area contributed by atoms with Gasteiger partial charge in [-0.25, -0.2) is 4.57 Å². The van der Waals surface area contributed by atoms with E-state index in [9.17, 15) is 19.4 Å². The monoisotopic (exact) mass is 534 g/mol. The number of phosphoric ester groups is 1. The second-order valence-corrected chi connectivity index (χ2v) is 11.7. The van der Waals surface area contributed by atoms with Crippen LogP contribution < -0.4 is 0 Å². The fourth-order valence-electron chi connectivity index (χ4n) is 3.21. The molecule has 0 saturated heterocycles. The number of esters is 1. The van der Waals surface area contributed by atoms with Crippen LogP contribution in [0.3, 0.4) is 0 Å². The Hall–Kier alpha value is -1.02. The highest BCUT2D eigenvalue weighted by Gasteiger charge is 2.24. The third kappa shape index (κ3) is 26.1. The molecular formula is C27H53NO7P+. The van der Waals surface area contributed by atoms with E-state index in [0.717, 1.165) is 44.9 Å². The summed E-state index contributed by atoms with van der Waals surface area (Å²) in [6.45, 7) is 2.09. The van der Waals surface area contributed by atoms with Crippen molar-refractivity contribution in [3.8, 4) is 0 Å². The topological polar surface area (TPSA) is 102 Å². The number of hydrogen-bond acceptors (Lipinski definition) is 6. The normalized spacial score (nSPS) is 14.9. The van der Waals surface area contributed by atoms with Crippen molar-refractivity contribution in [1.82, 2.24) is 0 Å². The van der Waals surface area contributed by atoms with Crippen LogP contribution in [-0.2, 0) is 23.1 Å². The van der Waals surface area contributed by atoms with Crippen molar-refractivity contribution < 1.29 is 37.6 Å². The van der Waals surface area contributed by atoms with Gasteiger partial charge >= 0.3 is 13.8 Å². The van der Waals surface area contributed by atoms with E-state index < -0.39 is 20.5 Å². The number of phosphoric acid groups is 1. The third-order valence-corrected chi connectivity index (χ3v) is 6.45. The van der Waals surface area contributed by atoms with Gasteiger partial charge in [-0.2, -0.15) is 0 Å². The molecule has 0 aliphatic carbocycles. The number of ether oxygens (including phenoxy) is 1. The van der Waals surface area contributed by atoms with Gasteiger partial charge in [-0.15, -0.1) is 0 Å². The van der Waals surface area contributed by atoms with Crippen LogP contribution in [0.5, 0.6) is 0 Å². The van der Waals surface area contributed by atoms with E-state index in [-0.39, 0.29) is 19.2 Å². The van der Waals surface area contributed by atoms with Gasteiger partial charge in [0.1, 0.15) is 25.9 Å². The lowest BCUT2D eigenvalue weighted by Crippen LogP contribution is -2.37. The summed E-state index contributed by atoms with van der Waals surface area (Å²) in [5, 5.41) is 9.83. The van der Waals surface area contributed by atoms with Crippen LogP contribution in [0.25, 0.3) is 0 Å². The number of carbonyl (C=O) groups excluding carboxylic acids is 1. The van der Waals surface area contributed by atoms with E-state index >= 15 is 0 Å². The van der Waals surface area contributed by atoms with Gasteiger partial charge in [0.15, 0.2) is 0 Å². The lowest BCUT2D eigenvalue weighted by Gasteiger charge is -2.24. The lowest BCUT2D eigenvalue weighted by atomic mass is 10.1. The average molecular weight is 535 g/mol. The highest BCUT2D eigenvalue weighted by atomic mass is 31.2. The van der Waals surface area contributed by atoms with Gasteiger partial charge in [-0.05, 0) is 38.5 Å². The molecular weight excluding hydrogens is 481 g/mol. The van der Waals surface area contributed by atoms with Crippen molar-refractivity contribution in [3.63, 3.8) is 0 Å². The van der Waals surface area contributed by atoms with Crippen molar-refractivity contribution in [2.75, 3.05) is 47.5 Å². The Morgan fingerprint density at radius 3 is 2.06 bits per heavy atom. The van der Waals surface area contributed by atoms with Crippen molar-refractivity contribution >= 4 is 13.8 Å². The largest absolute Gasteiger partial charge is 0.472 e. The quantitative estimate of drug-likeness (QED) is 0.0520. The minimum absolute atomic E-state index is 0.0516. The van der Waals surface area contributed by atoms with Gasteiger partial charge in [0.25, 0.3) is 0 Å². The number of unbranched alkanes of at least 4 members (excludes halogenated alkanes) is 9. The summed E-state index contributed by atoms with van der Waals surface area (Å²) in [7, 11) is 1.55. The summed E-state index contributed by atoms with van der Waals surface area (Å²) < 4.78 is 27.0. The fourth-order valence-corrected chi connectivity index (χ4v) is 3.96. The first kappa shape index (κ1) is 35.0. The standard InChI is InChI=1S/C27H52NO7P/c1-5-6-7-8-9-10-11-12-13-14-15-16-17-18-19-20-21-27(30)33-24-26(29)25-35-36(31,32)34-23-22-28(2,3)4/h10-11,13-14,26,29H,5-9,12,15-25H2,1-4H3/p+1/b11-10-,14-13-. The molecule has 0 aliphatic heterocycles. The number of nitrogens with zero attached hydrogens (tertiary/aromatic N) is 1. The minimum Gasteiger partial charge on any atom is -0.463 e. The summed E-state index contributed by atoms with van der Waals surface area (Å²) >= 11 is 0. The molecule has 0 aromatic heterocycles. The lowest BCUT2D eigenvalue weighted by molar-refractivity contribution is -0.870. The summed E-state index contributed by atoms with van der Waals surface area (Å²) in [6.07, 6.45) is 21.8. The Morgan fingerprint density at radius 2 is 1.44 bits per heavy atom. The Labute approximate surface area is 219 Å². The summed E-state index contributed by atoms with van der Waals surface area (Å²) in [6, 6.07) is 0. The number of carbonyl (C=O) groups is 1. The van der Waals surface area contributed by atoms with Crippen LogP contribution in [0.15, 0.2) is 24.3 Å². The predicted molar refractivity (Wildman–Crippen MR) is 146 cm³/mol. The second kappa shape index (κ2) is 22.0. The van der Waals surface area contributed by atoms with Crippen LogP contribution in [0.2, 0.25) is 0 Å². The van der Waals surface area contributed by atoms with Gasteiger partial charge in [-0.3, -0.25) is 13.8 Å². The highest BCUT2D eigenvalue weighted by Crippen LogP contribution is 2.43. The summed E-state index contributed by atoms with van der Waals surface area (Å²) in [5.41, 5.74) is 0. The second-order valence-electron chi connectivity index (χ2n) is 10.3. The molecule has 2 N–H and O–H groups in total. The smallest absolute Gasteiger partial charge is 0.463 e. The molecule has 0 radical (unpaired) electrons. The minimum atomic E-state index is -4.24. The third-order valence-electron chi connectivity index (χ3n) is 5.46. The molecule has 0 amide bonds. The van der Waals surface area contributed by atoms with Crippen molar-refractivity contribution in [2.45, 2.75) is 96.5 Å². The Bertz CT molecular complexity index is 647. The molecule has 8 nitrogen and oxygen atoms in total. The van der Waals surface area contributed by atoms with Gasteiger partial charge in [0, 0.05) is 6.42 Å². The van der Waals surface area contributed by atoms with E-state index in [1.165, 1.54) is 32.1 Å². The molecule has 0 aromatic rings. The average Bonchev–Trinajstić information content (AvgIpc) is 2.80. The molecule has 0 heterocycles. The first-order valence-electron chi connectivity index (χ1n) is 13.6. The number of likely N-dealkylation sites (N-methyl/N-ethyl adjacent to an activating group) is 1. The zero-order chi connectivity index (χ0) is 27.1. The van der Waals surface area contributed by atoms with Gasteiger partial charge in [0.2, 0.25) is 0 Å². The molecule has 0 aliphatic rings. The number of quaternary nitrogens is 1. The van der Waals surface area contributed by atoms with Crippen LogP contribution in [-0.4, -0.2) is 74.1 Å². The molecule has 0 fully saturated rings. The van der Waals surface area contributed by atoms with Crippen LogP contribution in [0, 0.1) is 0 Å². The van der Waals surface area contributed by atoms with Crippen molar-refractivity contribution in [2.24, 2.45) is 0 Å². The van der Waals surface area contributed by atoms with E-state index in [4.69, 9.17) is 13.8 Å². The zero-order valence-corrected chi connectivity index (χ0v) is 24.1. The molecule has 2 atom stereocenters. The van der Waals surface area contributed by atoms with Crippen LogP contribution in [0.4, 0.5) is 0 Å². The number of aliphatic hydroxyl groups is 1. The van der Waals surface area contributed by atoms with Crippen molar-refractivity contribution in [1.29, 1.82) is 0 Å². The SMILES string of the molecule is CCCCCC/C=C\C/C=C\CCCCCCCC(=O)OCC(O)COP(=O)(O)OCC[N+](C)(C)C. The highest BCUT2D eigenvalue weighted by molar-refractivity contribution is 7.47. The van der Waals surface area contributed by atoms with Gasteiger partial charge < -0.3 is 19.2 Å². The van der Waals surface area contributed by atoms with Gasteiger partial charge in [0.05, 0.1) is 27.7 Å². The van der Waals surface area contributed by atoms with E-state index in [0.29, 0.717) is 17.4 Å². The Balaban J connectivity index is 3.62. The number of aliphatic hydroxyl groups excluding tert-OH is 1. The van der Waals surface area contributed by atoms with Gasteiger partial charge in [-0.1, -0.05) is 69.8 Å². The molecule has 36 heavy (non-hydrogen) atoms. The fraction of sp³-hybridized carbons (Fsp3) is 0.815. The Morgan fingerprint density at radius 1 is 0.861 bits per heavy atom. The summed E-state index contributed by atoms with van der Waals surface area (Å²) in [5.74, 6) is -0.387. The zero-order valence-electron chi connectivity index (χ0n) is 23.2. The molecule has 2 unspecified atom stereocenters. The van der Waals surface area contributed by atoms with Crippen molar-refractivity contribution in [3.05, 3.63) is 24.3 Å². The molecule has 0 aromatic carbocycles. The van der Waals surface area contributed by atoms with Crippen LogP contribution in [0.1, 0.15) is 90.4 Å². The Kier molecular flexibility index (Phi) is 21.4. The van der Waals surface area contributed by atoms with E-state index in [1.54, 1.807) is 0 Å². The predicted octanol–water partition coefficient (Wildman–Crippen LogP) is 5.93. The molecule has 0 saturated carbocycles. The molecule has 212 valence electrons. The molecule has 0 spiro atoms. The number of allylic oxidation sites excluding steroid dienone is 4. The molecule has 9 heteroatoms. The maximum atomic E-state index is 11.8. The molecule has 0 rings (SSSR count). The van der Waals surface area contributed by atoms with E-state index in [1.807, 2.05) is 21.1 Å². The first-order valence-corrected chi connectivity index (χ1v) is 15.1. The molecule has 0 bridgehead atoms.